The molecule has 0 saturated heterocycles. The van der Waals surface area contributed by atoms with Crippen molar-refractivity contribution in [1.29, 1.82) is 0 Å². The summed E-state index contributed by atoms with van der Waals surface area (Å²) in [6.45, 7) is 1.33. The summed E-state index contributed by atoms with van der Waals surface area (Å²) in [5.74, 6) is -1.20. The first-order valence-electron chi connectivity index (χ1n) is 8.80. The van der Waals surface area contributed by atoms with Crippen molar-refractivity contribution >= 4 is 11.8 Å². The maximum Gasteiger partial charge on any atom is 0.242 e. The monoisotopic (exact) mass is 372 g/mol. The fraction of sp³-hybridized carbons (Fsp3) is 0.333. The van der Waals surface area contributed by atoms with Crippen LogP contribution in [0.4, 0.5) is 4.39 Å². The number of amides is 2. The number of carbonyl (C=O) groups excluding carboxylic acids is 2. The predicted molar refractivity (Wildman–Crippen MR) is 102 cm³/mol. The molecule has 2 amide bonds. The molecule has 0 spiro atoms. The highest BCUT2D eigenvalue weighted by Crippen LogP contribution is 2.14. The van der Waals surface area contributed by atoms with E-state index >= 15 is 0 Å². The van der Waals surface area contributed by atoms with Gasteiger partial charge in [-0.15, -0.1) is 0 Å². The van der Waals surface area contributed by atoms with E-state index in [1.54, 1.807) is 12.1 Å². The number of halogens is 1. The minimum atomic E-state index is -0.889. The number of nitrogens with two attached hydrogens (primary N) is 1. The Kier molecular flexibility index (Phi) is 7.49. The van der Waals surface area contributed by atoms with Crippen LogP contribution in [0, 0.1) is 5.82 Å². The van der Waals surface area contributed by atoms with Crippen molar-refractivity contribution in [2.24, 2.45) is 5.73 Å². The molecular weight excluding hydrogens is 347 g/mol. The summed E-state index contributed by atoms with van der Waals surface area (Å²) in [6.07, 6.45) is 1.44. The van der Waals surface area contributed by atoms with Crippen molar-refractivity contribution < 1.29 is 18.7 Å². The summed E-state index contributed by atoms with van der Waals surface area (Å²) in [5, 5.41) is 2.54. The molecule has 2 atom stereocenters. The van der Waals surface area contributed by atoms with Crippen LogP contribution in [-0.4, -0.2) is 31.1 Å². The number of hydrogen-bond acceptors (Lipinski definition) is 3. The maximum absolute atomic E-state index is 13.2. The quantitative estimate of drug-likeness (QED) is 0.708. The van der Waals surface area contributed by atoms with Crippen molar-refractivity contribution in [1.82, 2.24) is 5.32 Å². The zero-order chi connectivity index (χ0) is 19.8. The number of carbonyl (C=O) groups is 2. The molecular formula is C21H25FN2O3. The van der Waals surface area contributed by atoms with Crippen LogP contribution in [0.25, 0.3) is 0 Å². The van der Waals surface area contributed by atoms with Crippen LogP contribution >= 0.6 is 0 Å². The average molecular weight is 372 g/mol. The number of primary amides is 1. The number of nitrogens with one attached hydrogen (secondary N) is 1. The van der Waals surface area contributed by atoms with Gasteiger partial charge < -0.3 is 15.8 Å². The van der Waals surface area contributed by atoms with E-state index < -0.39 is 18.1 Å². The van der Waals surface area contributed by atoms with E-state index in [9.17, 15) is 14.0 Å². The molecule has 2 aromatic carbocycles. The molecule has 6 heteroatoms. The molecule has 0 bridgehead atoms. The Balaban J connectivity index is 1.98. The number of hydrogen-bond donors (Lipinski definition) is 2. The van der Waals surface area contributed by atoms with Gasteiger partial charge in [0.25, 0.3) is 0 Å². The lowest BCUT2D eigenvalue weighted by atomic mass is 9.98. The molecule has 0 aliphatic carbocycles. The van der Waals surface area contributed by atoms with Crippen LogP contribution in [0.15, 0.2) is 48.5 Å². The van der Waals surface area contributed by atoms with Crippen molar-refractivity contribution in [2.45, 2.75) is 38.3 Å². The third-order valence-corrected chi connectivity index (χ3v) is 4.39. The Bertz CT molecular complexity index is 777. The van der Waals surface area contributed by atoms with Crippen LogP contribution in [0.1, 0.15) is 23.6 Å². The highest BCUT2D eigenvalue weighted by Gasteiger charge is 2.27. The zero-order valence-electron chi connectivity index (χ0n) is 15.6. The predicted octanol–water partition coefficient (Wildman–Crippen LogP) is 2.16. The molecule has 2 aromatic rings. The van der Waals surface area contributed by atoms with Gasteiger partial charge in [-0.05, 0) is 41.7 Å². The van der Waals surface area contributed by atoms with E-state index in [1.807, 2.05) is 30.3 Å². The molecule has 0 aliphatic heterocycles. The van der Waals surface area contributed by atoms with E-state index in [4.69, 9.17) is 10.5 Å². The molecule has 0 radical (unpaired) electrons. The van der Waals surface area contributed by atoms with Gasteiger partial charge >= 0.3 is 0 Å². The summed E-state index contributed by atoms with van der Waals surface area (Å²) in [6, 6.07) is 13.6. The van der Waals surface area contributed by atoms with E-state index in [1.165, 1.54) is 20.1 Å². The highest BCUT2D eigenvalue weighted by molar-refractivity contribution is 5.86. The lowest BCUT2D eigenvalue weighted by molar-refractivity contribution is -0.129. The van der Waals surface area contributed by atoms with Crippen molar-refractivity contribution in [3.05, 3.63) is 71.0 Å². The third kappa shape index (κ3) is 6.49. The van der Waals surface area contributed by atoms with Crippen molar-refractivity contribution in [3.63, 3.8) is 0 Å². The average Bonchev–Trinajstić information content (AvgIpc) is 2.63. The van der Waals surface area contributed by atoms with E-state index in [0.29, 0.717) is 6.42 Å². The molecule has 0 aliphatic rings. The number of ether oxygens (including phenoxy) is 1. The second-order valence-corrected chi connectivity index (χ2v) is 6.51. The van der Waals surface area contributed by atoms with Crippen LogP contribution in [0.3, 0.4) is 0 Å². The third-order valence-electron chi connectivity index (χ3n) is 4.39. The van der Waals surface area contributed by atoms with Gasteiger partial charge in [0.1, 0.15) is 11.9 Å². The molecule has 2 unspecified atom stereocenters. The van der Waals surface area contributed by atoms with Gasteiger partial charge in [0.15, 0.2) is 0 Å². The zero-order valence-corrected chi connectivity index (χ0v) is 15.6. The maximum atomic E-state index is 13.2. The molecule has 0 fully saturated rings. The number of rotatable bonds is 9. The fourth-order valence-corrected chi connectivity index (χ4v) is 2.96. The molecule has 0 saturated carbocycles. The molecule has 0 heterocycles. The first-order chi connectivity index (χ1) is 12.9. The summed E-state index contributed by atoms with van der Waals surface area (Å²) < 4.78 is 18.6. The van der Waals surface area contributed by atoms with E-state index in [2.05, 4.69) is 5.32 Å². The van der Waals surface area contributed by atoms with Gasteiger partial charge in [-0.3, -0.25) is 9.59 Å². The molecule has 27 heavy (non-hydrogen) atoms. The van der Waals surface area contributed by atoms with Crippen LogP contribution in [0.2, 0.25) is 0 Å². The second kappa shape index (κ2) is 9.83. The van der Waals surface area contributed by atoms with E-state index in [0.717, 1.165) is 29.5 Å². The van der Waals surface area contributed by atoms with Crippen molar-refractivity contribution in [2.75, 3.05) is 7.11 Å². The standard InChI is InChI=1S/C21H25FN2O3/c1-14(25)24-20(21(23)26)19(27-2)13-17-10-7-15(8-11-17)6-9-16-4-3-5-18(22)12-16/h3-5,7-8,10-12,19-20H,6,9,13H2,1-2H3,(H2,23,26)(H,24,25). The molecule has 144 valence electrons. The Labute approximate surface area is 158 Å². The molecule has 3 N–H and O–H groups in total. The van der Waals surface area contributed by atoms with Crippen LogP contribution in [0.5, 0.6) is 0 Å². The van der Waals surface area contributed by atoms with E-state index in [-0.39, 0.29) is 11.7 Å². The Morgan fingerprint density at radius 3 is 2.26 bits per heavy atom. The number of benzene rings is 2. The number of aryl methyl sites for hydroxylation is 2. The summed E-state index contributed by atoms with van der Waals surface area (Å²) in [5.41, 5.74) is 8.44. The Morgan fingerprint density at radius 1 is 1.07 bits per heavy atom. The second-order valence-electron chi connectivity index (χ2n) is 6.51. The van der Waals surface area contributed by atoms with Gasteiger partial charge in [0.2, 0.25) is 11.8 Å². The SMILES string of the molecule is COC(Cc1ccc(CCc2cccc(F)c2)cc1)C(NC(C)=O)C(N)=O. The molecule has 2 rings (SSSR count). The summed E-state index contributed by atoms with van der Waals surface area (Å²) in [4.78, 5) is 22.9. The van der Waals surface area contributed by atoms with Gasteiger partial charge in [0, 0.05) is 20.5 Å². The lowest BCUT2D eigenvalue weighted by Crippen LogP contribution is -2.52. The van der Waals surface area contributed by atoms with Gasteiger partial charge in [-0.2, -0.15) is 0 Å². The lowest BCUT2D eigenvalue weighted by Gasteiger charge is -2.24. The molecule has 5 nitrogen and oxygen atoms in total. The first-order valence-corrected chi connectivity index (χ1v) is 8.80. The minimum absolute atomic E-state index is 0.225. The first kappa shape index (κ1) is 20.6. The highest BCUT2D eigenvalue weighted by atomic mass is 19.1. The summed E-state index contributed by atoms with van der Waals surface area (Å²) in [7, 11) is 1.48. The normalized spacial score (nSPS) is 13.0. The van der Waals surface area contributed by atoms with Crippen LogP contribution in [-0.2, 0) is 33.6 Å². The van der Waals surface area contributed by atoms with Gasteiger partial charge in [-0.25, -0.2) is 4.39 Å². The largest absolute Gasteiger partial charge is 0.378 e. The minimum Gasteiger partial charge on any atom is -0.378 e. The summed E-state index contributed by atoms with van der Waals surface area (Å²) >= 11 is 0. The Hall–Kier alpha value is -2.73. The number of methoxy groups -OCH3 is 1. The smallest absolute Gasteiger partial charge is 0.242 e. The van der Waals surface area contributed by atoms with Crippen molar-refractivity contribution in [3.8, 4) is 0 Å². The fourth-order valence-electron chi connectivity index (χ4n) is 2.96. The van der Waals surface area contributed by atoms with Gasteiger partial charge in [-0.1, -0.05) is 36.4 Å². The topological polar surface area (TPSA) is 81.4 Å². The Morgan fingerprint density at radius 2 is 1.70 bits per heavy atom. The van der Waals surface area contributed by atoms with Gasteiger partial charge in [0.05, 0.1) is 6.10 Å². The molecule has 0 aromatic heterocycles. The van der Waals surface area contributed by atoms with Crippen LogP contribution < -0.4 is 11.1 Å².